The topological polar surface area (TPSA) is 49.4 Å². The Hall–Kier alpha value is -3.40. The van der Waals surface area contributed by atoms with Gasteiger partial charge in [-0.15, -0.1) is 0 Å². The molecule has 0 fully saturated rings. The van der Waals surface area contributed by atoms with E-state index in [-0.39, 0.29) is 24.3 Å². The van der Waals surface area contributed by atoms with Gasteiger partial charge >= 0.3 is 0 Å². The van der Waals surface area contributed by atoms with E-state index >= 15 is 0 Å². The quantitative estimate of drug-likeness (QED) is 0.537. The molecule has 0 aliphatic rings. The van der Waals surface area contributed by atoms with Gasteiger partial charge < -0.3 is 10.2 Å². The number of rotatable bonds is 9. The lowest BCUT2D eigenvalue weighted by Crippen LogP contribution is -2.52. The fraction of sp³-hybridized carbons (Fsp3) is 0.286. The maximum absolute atomic E-state index is 13.6. The van der Waals surface area contributed by atoms with Crippen LogP contribution in [0.5, 0.6) is 0 Å². The fourth-order valence-electron chi connectivity index (χ4n) is 3.70. The molecule has 0 aliphatic carbocycles. The molecule has 166 valence electrons. The first-order valence-electron chi connectivity index (χ1n) is 11.2. The van der Waals surface area contributed by atoms with Gasteiger partial charge in [0.25, 0.3) is 0 Å². The monoisotopic (exact) mass is 428 g/mol. The Morgan fingerprint density at radius 2 is 1.34 bits per heavy atom. The van der Waals surface area contributed by atoms with Gasteiger partial charge in [0.1, 0.15) is 6.04 Å². The van der Waals surface area contributed by atoms with Gasteiger partial charge in [0.05, 0.1) is 6.42 Å². The first-order chi connectivity index (χ1) is 15.4. The maximum atomic E-state index is 13.6. The highest BCUT2D eigenvalue weighted by Gasteiger charge is 2.30. The SMILES string of the molecule is Cc1ccc(CN(C(=O)Cc2ccccc2)C(Cc2ccccc2)C(=O)NC(C)C)cc1. The zero-order chi connectivity index (χ0) is 22.9. The number of benzene rings is 3. The summed E-state index contributed by atoms with van der Waals surface area (Å²) in [6.07, 6.45) is 0.721. The molecule has 3 aromatic carbocycles. The van der Waals surface area contributed by atoms with E-state index < -0.39 is 6.04 Å². The largest absolute Gasteiger partial charge is 0.352 e. The van der Waals surface area contributed by atoms with Gasteiger partial charge in [0.2, 0.25) is 11.8 Å². The molecular weight excluding hydrogens is 396 g/mol. The highest BCUT2D eigenvalue weighted by Crippen LogP contribution is 2.17. The van der Waals surface area contributed by atoms with Crippen LogP contribution in [0.2, 0.25) is 0 Å². The Balaban J connectivity index is 1.94. The van der Waals surface area contributed by atoms with E-state index in [2.05, 4.69) is 5.32 Å². The van der Waals surface area contributed by atoms with Crippen LogP contribution in [-0.2, 0) is 29.0 Å². The molecule has 0 bridgehead atoms. The van der Waals surface area contributed by atoms with Crippen molar-refractivity contribution < 1.29 is 9.59 Å². The van der Waals surface area contributed by atoms with Crippen molar-refractivity contribution in [3.8, 4) is 0 Å². The van der Waals surface area contributed by atoms with Crippen molar-refractivity contribution in [2.75, 3.05) is 0 Å². The first-order valence-corrected chi connectivity index (χ1v) is 11.2. The summed E-state index contributed by atoms with van der Waals surface area (Å²) in [5, 5.41) is 3.02. The van der Waals surface area contributed by atoms with Gasteiger partial charge in [-0.2, -0.15) is 0 Å². The van der Waals surface area contributed by atoms with Gasteiger partial charge in [-0.25, -0.2) is 0 Å². The van der Waals surface area contributed by atoms with Crippen LogP contribution in [-0.4, -0.2) is 28.8 Å². The minimum absolute atomic E-state index is 0.00813. The summed E-state index contributed by atoms with van der Waals surface area (Å²) in [6, 6.07) is 27.1. The highest BCUT2D eigenvalue weighted by molar-refractivity contribution is 5.89. The van der Waals surface area contributed by atoms with E-state index in [1.807, 2.05) is 106 Å². The minimum Gasteiger partial charge on any atom is -0.352 e. The number of amides is 2. The smallest absolute Gasteiger partial charge is 0.243 e. The second kappa shape index (κ2) is 11.3. The van der Waals surface area contributed by atoms with E-state index in [0.29, 0.717) is 13.0 Å². The Morgan fingerprint density at radius 1 is 0.781 bits per heavy atom. The van der Waals surface area contributed by atoms with Crippen LogP contribution in [0.4, 0.5) is 0 Å². The number of carbonyl (C=O) groups excluding carboxylic acids is 2. The van der Waals surface area contributed by atoms with Crippen molar-refractivity contribution in [3.63, 3.8) is 0 Å². The van der Waals surface area contributed by atoms with E-state index in [9.17, 15) is 9.59 Å². The molecule has 4 nitrogen and oxygen atoms in total. The Bertz CT molecular complexity index is 999. The molecule has 0 radical (unpaired) electrons. The third kappa shape index (κ3) is 6.81. The summed E-state index contributed by atoms with van der Waals surface area (Å²) < 4.78 is 0. The minimum atomic E-state index is -0.600. The number of aryl methyl sites for hydroxylation is 1. The molecule has 0 saturated heterocycles. The van der Waals surface area contributed by atoms with Gasteiger partial charge in [0, 0.05) is 19.0 Å². The maximum Gasteiger partial charge on any atom is 0.243 e. The third-order valence-electron chi connectivity index (χ3n) is 5.37. The van der Waals surface area contributed by atoms with Crippen LogP contribution in [0.15, 0.2) is 84.9 Å². The van der Waals surface area contributed by atoms with Crippen LogP contribution in [0.3, 0.4) is 0 Å². The van der Waals surface area contributed by atoms with Gasteiger partial charge in [-0.05, 0) is 37.5 Å². The zero-order valence-corrected chi connectivity index (χ0v) is 19.1. The predicted octanol–water partition coefficient (Wildman–Crippen LogP) is 4.70. The molecule has 0 saturated carbocycles. The van der Waals surface area contributed by atoms with Crippen molar-refractivity contribution in [1.82, 2.24) is 10.2 Å². The number of carbonyl (C=O) groups is 2. The Morgan fingerprint density at radius 3 is 1.91 bits per heavy atom. The second-order valence-corrected chi connectivity index (χ2v) is 8.54. The molecule has 0 heterocycles. The second-order valence-electron chi connectivity index (χ2n) is 8.54. The van der Waals surface area contributed by atoms with Crippen molar-refractivity contribution in [2.45, 2.75) is 52.2 Å². The Kier molecular flexibility index (Phi) is 8.20. The molecule has 1 N–H and O–H groups in total. The number of nitrogens with zero attached hydrogens (tertiary/aromatic N) is 1. The van der Waals surface area contributed by atoms with Gasteiger partial charge in [-0.1, -0.05) is 90.5 Å². The fourth-order valence-corrected chi connectivity index (χ4v) is 3.70. The van der Waals surface area contributed by atoms with Crippen molar-refractivity contribution >= 4 is 11.8 Å². The molecule has 1 atom stereocenters. The summed E-state index contributed by atoms with van der Waals surface area (Å²) in [7, 11) is 0. The predicted molar refractivity (Wildman–Crippen MR) is 129 cm³/mol. The summed E-state index contributed by atoms with van der Waals surface area (Å²) in [5.74, 6) is -0.186. The molecule has 0 aromatic heterocycles. The van der Waals surface area contributed by atoms with Crippen LogP contribution in [0, 0.1) is 6.92 Å². The number of hydrogen-bond donors (Lipinski definition) is 1. The molecular formula is C28H32N2O2. The highest BCUT2D eigenvalue weighted by atomic mass is 16.2. The number of hydrogen-bond acceptors (Lipinski definition) is 2. The number of nitrogens with one attached hydrogen (secondary N) is 1. The molecule has 3 aromatic rings. The van der Waals surface area contributed by atoms with Crippen molar-refractivity contribution in [2.24, 2.45) is 0 Å². The van der Waals surface area contributed by atoms with E-state index in [1.165, 1.54) is 0 Å². The van der Waals surface area contributed by atoms with Gasteiger partial charge in [0.15, 0.2) is 0 Å². The molecule has 0 aliphatic heterocycles. The Labute approximate surface area is 191 Å². The molecule has 3 rings (SSSR count). The van der Waals surface area contributed by atoms with E-state index in [0.717, 1.165) is 22.3 Å². The average molecular weight is 429 g/mol. The van der Waals surface area contributed by atoms with E-state index in [4.69, 9.17) is 0 Å². The average Bonchev–Trinajstić information content (AvgIpc) is 2.78. The van der Waals surface area contributed by atoms with Crippen molar-refractivity contribution in [1.29, 1.82) is 0 Å². The molecule has 2 amide bonds. The third-order valence-corrected chi connectivity index (χ3v) is 5.37. The summed E-state index contributed by atoms with van der Waals surface area (Å²) in [6.45, 7) is 6.30. The molecule has 32 heavy (non-hydrogen) atoms. The lowest BCUT2D eigenvalue weighted by Gasteiger charge is -2.32. The molecule has 0 spiro atoms. The standard InChI is InChI=1S/C28H32N2O2/c1-21(2)29-28(32)26(18-23-10-6-4-7-11-23)30(20-25-16-14-22(3)15-17-25)27(31)19-24-12-8-5-9-13-24/h4-17,21,26H,18-20H2,1-3H3,(H,29,32). The molecule has 1 unspecified atom stereocenters. The summed E-state index contributed by atoms with van der Waals surface area (Å²) >= 11 is 0. The lowest BCUT2D eigenvalue weighted by atomic mass is 10.0. The lowest BCUT2D eigenvalue weighted by molar-refractivity contribution is -0.141. The van der Waals surface area contributed by atoms with Crippen LogP contribution in [0.25, 0.3) is 0 Å². The van der Waals surface area contributed by atoms with Gasteiger partial charge in [-0.3, -0.25) is 9.59 Å². The van der Waals surface area contributed by atoms with Crippen LogP contribution >= 0.6 is 0 Å². The molecule has 4 heteroatoms. The summed E-state index contributed by atoms with van der Waals surface area (Å²) in [4.78, 5) is 28.6. The summed E-state index contributed by atoms with van der Waals surface area (Å²) in [5.41, 5.74) is 4.13. The first kappa shape index (κ1) is 23.3. The van der Waals surface area contributed by atoms with Crippen molar-refractivity contribution in [3.05, 3.63) is 107 Å². The van der Waals surface area contributed by atoms with Crippen LogP contribution in [0.1, 0.15) is 36.1 Å². The van der Waals surface area contributed by atoms with E-state index in [1.54, 1.807) is 4.90 Å². The normalized spacial score (nSPS) is 11.8. The van der Waals surface area contributed by atoms with Crippen LogP contribution < -0.4 is 5.32 Å². The zero-order valence-electron chi connectivity index (χ0n) is 19.1.